The van der Waals surface area contributed by atoms with Gasteiger partial charge in [-0.3, -0.25) is 4.79 Å². The number of nitrogens with two attached hydrogens (primary N) is 1. The van der Waals surface area contributed by atoms with Gasteiger partial charge in [-0.25, -0.2) is 0 Å². The second kappa shape index (κ2) is 6.47. The number of phenolic OH excluding ortho intramolecular Hbond substituents is 1. The third kappa shape index (κ3) is 3.65. The Labute approximate surface area is 117 Å². The quantitative estimate of drug-likeness (QED) is 0.440. The van der Waals surface area contributed by atoms with Gasteiger partial charge in [0.2, 0.25) is 0 Å². The van der Waals surface area contributed by atoms with Gasteiger partial charge in [-0.15, -0.1) is 0 Å². The zero-order chi connectivity index (χ0) is 14.4. The van der Waals surface area contributed by atoms with Gasteiger partial charge < -0.3 is 20.9 Å². The maximum absolute atomic E-state index is 11.8. The van der Waals surface area contributed by atoms with Crippen molar-refractivity contribution in [1.29, 1.82) is 0 Å². The van der Waals surface area contributed by atoms with Gasteiger partial charge in [0.05, 0.1) is 12.2 Å². The molecule has 2 rings (SSSR count). The number of carbonyl (C=O) groups is 1. The molecule has 4 N–H and O–H groups in total. The molecule has 0 saturated heterocycles. The van der Waals surface area contributed by atoms with Crippen LogP contribution in [0.1, 0.15) is 10.4 Å². The molecule has 2 aromatic rings. The minimum atomic E-state index is -0.281. The summed E-state index contributed by atoms with van der Waals surface area (Å²) in [6.07, 6.45) is 0. The molecule has 0 atom stereocenters. The molecule has 0 aromatic heterocycles. The van der Waals surface area contributed by atoms with Gasteiger partial charge in [0.1, 0.15) is 18.1 Å². The van der Waals surface area contributed by atoms with Gasteiger partial charge in [0.25, 0.3) is 5.91 Å². The SMILES string of the molecule is Nc1ccc(C(=O)NCCOc2ccccc2)cc1O. The summed E-state index contributed by atoms with van der Waals surface area (Å²) in [5, 5.41) is 12.1. The van der Waals surface area contributed by atoms with Crippen molar-refractivity contribution in [1.82, 2.24) is 5.32 Å². The van der Waals surface area contributed by atoms with Crippen molar-refractivity contribution >= 4 is 11.6 Å². The number of ether oxygens (including phenoxy) is 1. The van der Waals surface area contributed by atoms with E-state index >= 15 is 0 Å². The molecule has 5 nitrogen and oxygen atoms in total. The first-order valence-electron chi connectivity index (χ1n) is 6.21. The topological polar surface area (TPSA) is 84.6 Å². The maximum atomic E-state index is 11.8. The number of nitrogen functional groups attached to an aromatic ring is 1. The largest absolute Gasteiger partial charge is 0.506 e. The van der Waals surface area contributed by atoms with Crippen molar-refractivity contribution < 1.29 is 14.6 Å². The van der Waals surface area contributed by atoms with Crippen LogP contribution in [0.5, 0.6) is 11.5 Å². The lowest BCUT2D eigenvalue weighted by molar-refractivity contribution is 0.0946. The Bertz CT molecular complexity index is 585. The summed E-state index contributed by atoms with van der Waals surface area (Å²) in [5.41, 5.74) is 6.08. The smallest absolute Gasteiger partial charge is 0.251 e. The van der Waals surface area contributed by atoms with Crippen LogP contribution in [0.3, 0.4) is 0 Å². The van der Waals surface area contributed by atoms with Crippen molar-refractivity contribution in [2.24, 2.45) is 0 Å². The Morgan fingerprint density at radius 1 is 1.20 bits per heavy atom. The first kappa shape index (κ1) is 13.7. The molecule has 0 aliphatic heterocycles. The average Bonchev–Trinajstić information content (AvgIpc) is 2.47. The third-order valence-corrected chi connectivity index (χ3v) is 2.69. The predicted molar refractivity (Wildman–Crippen MR) is 76.8 cm³/mol. The van der Waals surface area contributed by atoms with Crippen LogP contribution in [0, 0.1) is 0 Å². The number of phenols is 1. The molecular weight excluding hydrogens is 256 g/mol. The van der Waals surface area contributed by atoms with E-state index in [0.29, 0.717) is 18.7 Å². The molecule has 20 heavy (non-hydrogen) atoms. The van der Waals surface area contributed by atoms with E-state index in [-0.39, 0.29) is 17.3 Å². The van der Waals surface area contributed by atoms with Crippen molar-refractivity contribution in [2.45, 2.75) is 0 Å². The molecule has 2 aromatic carbocycles. The third-order valence-electron chi connectivity index (χ3n) is 2.69. The number of para-hydroxylation sites is 1. The van der Waals surface area contributed by atoms with Crippen molar-refractivity contribution in [3.05, 3.63) is 54.1 Å². The predicted octanol–water partition coefficient (Wildman–Crippen LogP) is 1.78. The monoisotopic (exact) mass is 272 g/mol. The van der Waals surface area contributed by atoms with Crippen LogP contribution in [-0.4, -0.2) is 24.2 Å². The van der Waals surface area contributed by atoms with Crippen LogP contribution in [0.2, 0.25) is 0 Å². The number of rotatable bonds is 5. The highest BCUT2D eigenvalue weighted by Crippen LogP contribution is 2.20. The Hall–Kier alpha value is -2.69. The molecule has 0 fully saturated rings. The molecule has 0 bridgehead atoms. The number of benzene rings is 2. The van der Waals surface area contributed by atoms with E-state index in [0.717, 1.165) is 5.75 Å². The van der Waals surface area contributed by atoms with Crippen LogP contribution in [0.4, 0.5) is 5.69 Å². The molecule has 0 aliphatic rings. The summed E-state index contributed by atoms with van der Waals surface area (Å²) in [5.74, 6) is 0.377. The Balaban J connectivity index is 1.79. The second-order valence-corrected chi connectivity index (χ2v) is 4.19. The van der Waals surface area contributed by atoms with E-state index in [4.69, 9.17) is 10.5 Å². The summed E-state index contributed by atoms with van der Waals surface area (Å²) < 4.78 is 5.45. The molecule has 0 radical (unpaired) electrons. The van der Waals surface area contributed by atoms with E-state index in [1.165, 1.54) is 12.1 Å². The van der Waals surface area contributed by atoms with Gasteiger partial charge >= 0.3 is 0 Å². The van der Waals surface area contributed by atoms with E-state index < -0.39 is 0 Å². The molecule has 0 spiro atoms. The summed E-state index contributed by atoms with van der Waals surface area (Å²) >= 11 is 0. The summed E-state index contributed by atoms with van der Waals surface area (Å²) in [7, 11) is 0. The zero-order valence-electron chi connectivity index (χ0n) is 10.9. The zero-order valence-corrected chi connectivity index (χ0v) is 10.9. The van der Waals surface area contributed by atoms with Crippen LogP contribution in [-0.2, 0) is 0 Å². The van der Waals surface area contributed by atoms with Crippen molar-refractivity contribution in [3.8, 4) is 11.5 Å². The average molecular weight is 272 g/mol. The molecule has 5 heteroatoms. The summed E-state index contributed by atoms with van der Waals surface area (Å²) in [4.78, 5) is 11.8. The fourth-order valence-corrected chi connectivity index (χ4v) is 1.64. The second-order valence-electron chi connectivity index (χ2n) is 4.19. The highest BCUT2D eigenvalue weighted by atomic mass is 16.5. The highest BCUT2D eigenvalue weighted by molar-refractivity contribution is 5.95. The number of amides is 1. The minimum Gasteiger partial charge on any atom is -0.506 e. The Morgan fingerprint density at radius 3 is 2.65 bits per heavy atom. The Kier molecular flexibility index (Phi) is 4.44. The fraction of sp³-hybridized carbons (Fsp3) is 0.133. The van der Waals surface area contributed by atoms with Crippen LogP contribution < -0.4 is 15.8 Å². The number of carbonyl (C=O) groups excluding carboxylic acids is 1. The van der Waals surface area contributed by atoms with E-state index in [1.807, 2.05) is 30.3 Å². The normalized spacial score (nSPS) is 10.0. The molecule has 104 valence electrons. The number of aromatic hydroxyl groups is 1. The van der Waals surface area contributed by atoms with Gasteiger partial charge in [-0.1, -0.05) is 18.2 Å². The number of nitrogens with one attached hydrogen (secondary N) is 1. The van der Waals surface area contributed by atoms with Crippen LogP contribution in [0.25, 0.3) is 0 Å². The van der Waals surface area contributed by atoms with Gasteiger partial charge in [-0.05, 0) is 30.3 Å². The van der Waals surface area contributed by atoms with E-state index in [1.54, 1.807) is 6.07 Å². The summed E-state index contributed by atoms with van der Waals surface area (Å²) in [6.45, 7) is 0.746. The fourth-order valence-electron chi connectivity index (χ4n) is 1.64. The van der Waals surface area contributed by atoms with Gasteiger partial charge in [0, 0.05) is 5.56 Å². The van der Waals surface area contributed by atoms with Crippen molar-refractivity contribution in [2.75, 3.05) is 18.9 Å². The lowest BCUT2D eigenvalue weighted by atomic mass is 10.2. The highest BCUT2D eigenvalue weighted by Gasteiger charge is 2.07. The lowest BCUT2D eigenvalue weighted by Crippen LogP contribution is -2.28. The van der Waals surface area contributed by atoms with E-state index in [9.17, 15) is 9.90 Å². The molecule has 0 aliphatic carbocycles. The minimum absolute atomic E-state index is 0.0989. The standard InChI is InChI=1S/C15H16N2O3/c16-13-7-6-11(10-14(13)18)15(19)17-8-9-20-12-4-2-1-3-5-12/h1-7,10,18H,8-9,16H2,(H,17,19). The summed E-state index contributed by atoms with van der Waals surface area (Å²) in [6, 6.07) is 13.7. The van der Waals surface area contributed by atoms with Gasteiger partial charge in [-0.2, -0.15) is 0 Å². The molecule has 0 unspecified atom stereocenters. The van der Waals surface area contributed by atoms with Gasteiger partial charge in [0.15, 0.2) is 0 Å². The first-order valence-corrected chi connectivity index (χ1v) is 6.21. The molecular formula is C15H16N2O3. The number of hydrogen-bond acceptors (Lipinski definition) is 4. The molecule has 1 amide bonds. The van der Waals surface area contributed by atoms with Crippen LogP contribution >= 0.6 is 0 Å². The van der Waals surface area contributed by atoms with Crippen LogP contribution in [0.15, 0.2) is 48.5 Å². The number of hydrogen-bond donors (Lipinski definition) is 3. The Morgan fingerprint density at radius 2 is 1.95 bits per heavy atom. The molecule has 0 saturated carbocycles. The van der Waals surface area contributed by atoms with E-state index in [2.05, 4.69) is 5.32 Å². The number of anilines is 1. The van der Waals surface area contributed by atoms with Crippen molar-refractivity contribution in [3.63, 3.8) is 0 Å². The first-order chi connectivity index (χ1) is 9.66. The lowest BCUT2D eigenvalue weighted by Gasteiger charge is -2.08. The molecule has 0 heterocycles. The maximum Gasteiger partial charge on any atom is 0.251 e.